The maximum Gasteiger partial charge on any atom is 0.172 e. The van der Waals surface area contributed by atoms with E-state index in [1.807, 2.05) is 6.07 Å². The van der Waals surface area contributed by atoms with E-state index in [0.717, 1.165) is 8.95 Å². The molecule has 0 heterocycles. The van der Waals surface area contributed by atoms with E-state index >= 15 is 0 Å². The molecule has 0 N–H and O–H groups in total. The van der Waals surface area contributed by atoms with Gasteiger partial charge in [-0.3, -0.25) is 4.79 Å². The van der Waals surface area contributed by atoms with Crippen LogP contribution in [0.15, 0.2) is 27.1 Å². The van der Waals surface area contributed by atoms with E-state index in [4.69, 9.17) is 0 Å². The van der Waals surface area contributed by atoms with Crippen molar-refractivity contribution >= 4 is 50.3 Å². The van der Waals surface area contributed by atoms with Crippen LogP contribution in [0.1, 0.15) is 10.4 Å². The van der Waals surface area contributed by atoms with E-state index in [1.165, 1.54) is 0 Å². The summed E-state index contributed by atoms with van der Waals surface area (Å²) in [5.41, 5.74) is 0.672. The molecule has 0 saturated carbocycles. The number of halogens is 2. The van der Waals surface area contributed by atoms with Gasteiger partial charge in [0, 0.05) is 14.5 Å². The first-order valence-corrected chi connectivity index (χ1v) is 5.45. The third-order valence-corrected chi connectivity index (χ3v) is 2.53. The van der Waals surface area contributed by atoms with Crippen LogP contribution in [-0.4, -0.2) is 11.5 Å². The third kappa shape index (κ3) is 2.61. The Morgan fingerprint density at radius 3 is 2.17 bits per heavy atom. The van der Waals surface area contributed by atoms with Gasteiger partial charge in [0.1, 0.15) is 0 Å². The predicted molar refractivity (Wildman–Crippen MR) is 60.0 cm³/mol. The number of Topliss-reactive ketones (excluding diaryl/α,β-unsaturated/α-hetero) is 1. The Kier molecular flexibility index (Phi) is 3.80. The van der Waals surface area contributed by atoms with Crippen molar-refractivity contribution in [3.8, 4) is 0 Å². The normalized spacial score (nSPS) is 9.92. The van der Waals surface area contributed by atoms with Gasteiger partial charge < -0.3 is 0 Å². The van der Waals surface area contributed by atoms with Gasteiger partial charge in [-0.05, 0) is 18.2 Å². The first kappa shape index (κ1) is 10.3. The zero-order valence-corrected chi connectivity index (χ0v) is 10.1. The molecule has 1 aromatic rings. The molecule has 0 atom stereocenters. The lowest BCUT2D eigenvalue weighted by Gasteiger charge is -1.99. The fourth-order valence-electron chi connectivity index (χ4n) is 0.806. The van der Waals surface area contributed by atoms with E-state index in [-0.39, 0.29) is 11.5 Å². The molecule has 1 aromatic carbocycles. The summed E-state index contributed by atoms with van der Waals surface area (Å²) in [4.78, 5) is 11.2. The molecule has 1 nitrogen and oxygen atoms in total. The number of ketones is 1. The van der Waals surface area contributed by atoms with Crippen LogP contribution in [0.5, 0.6) is 0 Å². The van der Waals surface area contributed by atoms with Crippen molar-refractivity contribution in [3.05, 3.63) is 32.7 Å². The van der Waals surface area contributed by atoms with Crippen molar-refractivity contribution in [2.45, 2.75) is 0 Å². The Morgan fingerprint density at radius 1 is 1.25 bits per heavy atom. The SMILES string of the molecule is O=C(CS)c1cc(Br)cc(Br)c1. The first-order valence-electron chi connectivity index (χ1n) is 3.23. The lowest BCUT2D eigenvalue weighted by atomic mass is 10.1. The van der Waals surface area contributed by atoms with Gasteiger partial charge in [-0.25, -0.2) is 0 Å². The molecule has 1 rings (SSSR count). The topological polar surface area (TPSA) is 17.1 Å². The van der Waals surface area contributed by atoms with Crippen LogP contribution in [0.4, 0.5) is 0 Å². The standard InChI is InChI=1S/C8H6Br2OS/c9-6-1-5(8(11)4-12)2-7(10)3-6/h1-3,12H,4H2. The van der Waals surface area contributed by atoms with Crippen molar-refractivity contribution in [3.63, 3.8) is 0 Å². The molecule has 0 amide bonds. The average molecular weight is 310 g/mol. The molecule has 0 bridgehead atoms. The summed E-state index contributed by atoms with van der Waals surface area (Å²) in [5, 5.41) is 0. The van der Waals surface area contributed by atoms with Gasteiger partial charge in [-0.15, -0.1) is 0 Å². The van der Waals surface area contributed by atoms with Gasteiger partial charge in [0.05, 0.1) is 5.75 Å². The smallest absolute Gasteiger partial charge is 0.172 e. The van der Waals surface area contributed by atoms with Crippen LogP contribution in [0.2, 0.25) is 0 Å². The lowest BCUT2D eigenvalue weighted by Crippen LogP contribution is -1.99. The lowest BCUT2D eigenvalue weighted by molar-refractivity contribution is 0.102. The highest BCUT2D eigenvalue weighted by molar-refractivity contribution is 9.11. The fourth-order valence-corrected chi connectivity index (χ4v) is 2.28. The molecule has 0 saturated heterocycles. The fraction of sp³-hybridized carbons (Fsp3) is 0.125. The predicted octanol–water partition coefficient (Wildman–Crippen LogP) is 3.32. The summed E-state index contributed by atoms with van der Waals surface area (Å²) in [6.07, 6.45) is 0. The molecule has 0 fully saturated rings. The average Bonchev–Trinajstić information content (AvgIpc) is 2.01. The van der Waals surface area contributed by atoms with Gasteiger partial charge in [-0.2, -0.15) is 12.6 Å². The second-order valence-corrected chi connectivity index (χ2v) is 4.39. The number of thiol groups is 1. The van der Waals surface area contributed by atoms with Crippen molar-refractivity contribution in [2.24, 2.45) is 0 Å². The Morgan fingerprint density at radius 2 is 1.75 bits per heavy atom. The van der Waals surface area contributed by atoms with Crippen LogP contribution < -0.4 is 0 Å². The number of hydrogen-bond donors (Lipinski definition) is 1. The van der Waals surface area contributed by atoms with Crippen LogP contribution in [-0.2, 0) is 0 Å². The Balaban J connectivity index is 3.08. The first-order chi connectivity index (χ1) is 5.63. The van der Waals surface area contributed by atoms with Crippen LogP contribution in [0.25, 0.3) is 0 Å². The summed E-state index contributed by atoms with van der Waals surface area (Å²) < 4.78 is 1.78. The molecule has 0 aliphatic heterocycles. The highest BCUT2D eigenvalue weighted by Gasteiger charge is 2.04. The summed E-state index contributed by atoms with van der Waals surface area (Å²) in [6.45, 7) is 0. The minimum absolute atomic E-state index is 0.0281. The molecular weight excluding hydrogens is 304 g/mol. The number of carbonyl (C=O) groups excluding carboxylic acids is 1. The maximum atomic E-state index is 11.2. The monoisotopic (exact) mass is 308 g/mol. The number of rotatable bonds is 2. The van der Waals surface area contributed by atoms with E-state index in [2.05, 4.69) is 44.5 Å². The zero-order chi connectivity index (χ0) is 9.14. The highest BCUT2D eigenvalue weighted by atomic mass is 79.9. The van der Waals surface area contributed by atoms with Crippen molar-refractivity contribution in [2.75, 3.05) is 5.75 Å². The molecule has 64 valence electrons. The molecule has 0 radical (unpaired) electrons. The van der Waals surface area contributed by atoms with Gasteiger partial charge in [-0.1, -0.05) is 31.9 Å². The maximum absolute atomic E-state index is 11.2. The molecule has 0 spiro atoms. The van der Waals surface area contributed by atoms with E-state index in [1.54, 1.807) is 12.1 Å². The van der Waals surface area contributed by atoms with Gasteiger partial charge in [0.2, 0.25) is 0 Å². The minimum Gasteiger partial charge on any atom is -0.293 e. The van der Waals surface area contributed by atoms with Gasteiger partial charge >= 0.3 is 0 Å². The molecular formula is C8H6Br2OS. The summed E-state index contributed by atoms with van der Waals surface area (Å²) in [7, 11) is 0. The summed E-state index contributed by atoms with van der Waals surface area (Å²) in [6, 6.07) is 5.45. The van der Waals surface area contributed by atoms with E-state index < -0.39 is 0 Å². The number of hydrogen-bond acceptors (Lipinski definition) is 2. The number of carbonyl (C=O) groups is 1. The van der Waals surface area contributed by atoms with Gasteiger partial charge in [0.15, 0.2) is 5.78 Å². The largest absolute Gasteiger partial charge is 0.293 e. The second kappa shape index (κ2) is 4.44. The molecule has 0 aliphatic carbocycles. The number of benzene rings is 1. The van der Waals surface area contributed by atoms with Crippen LogP contribution in [0.3, 0.4) is 0 Å². The van der Waals surface area contributed by atoms with Crippen LogP contribution in [0, 0.1) is 0 Å². The van der Waals surface area contributed by atoms with Crippen molar-refractivity contribution in [1.82, 2.24) is 0 Å². The van der Waals surface area contributed by atoms with Crippen LogP contribution >= 0.6 is 44.5 Å². The quantitative estimate of drug-likeness (QED) is 0.655. The Hall–Kier alpha value is 0.200. The molecule has 0 aromatic heterocycles. The van der Waals surface area contributed by atoms with Crippen molar-refractivity contribution < 1.29 is 4.79 Å². The Labute approximate surface area is 93.2 Å². The molecule has 0 aliphatic rings. The molecule has 12 heavy (non-hydrogen) atoms. The van der Waals surface area contributed by atoms with E-state index in [9.17, 15) is 4.79 Å². The third-order valence-electron chi connectivity index (χ3n) is 1.33. The summed E-state index contributed by atoms with van der Waals surface area (Å²) >= 11 is 10.5. The molecule has 0 unspecified atom stereocenters. The summed E-state index contributed by atoms with van der Waals surface area (Å²) in [5.74, 6) is 0.267. The van der Waals surface area contributed by atoms with Gasteiger partial charge in [0.25, 0.3) is 0 Å². The Bertz CT molecular complexity index is 292. The highest BCUT2D eigenvalue weighted by Crippen LogP contribution is 2.20. The second-order valence-electron chi connectivity index (χ2n) is 2.24. The van der Waals surface area contributed by atoms with Crippen molar-refractivity contribution in [1.29, 1.82) is 0 Å². The van der Waals surface area contributed by atoms with E-state index in [0.29, 0.717) is 5.56 Å². The zero-order valence-electron chi connectivity index (χ0n) is 6.05. The molecule has 4 heteroatoms. The minimum atomic E-state index is 0.0281.